The summed E-state index contributed by atoms with van der Waals surface area (Å²) in [6.45, 7) is 3.87. The summed E-state index contributed by atoms with van der Waals surface area (Å²) in [7, 11) is 1.70. The second-order valence-electron chi connectivity index (χ2n) is 5.70. The van der Waals surface area contributed by atoms with Crippen LogP contribution in [0.25, 0.3) is 0 Å². The number of anilines is 1. The van der Waals surface area contributed by atoms with Crippen LogP contribution in [0.2, 0.25) is 0 Å². The van der Waals surface area contributed by atoms with Crippen molar-refractivity contribution < 1.29 is 14.6 Å². The van der Waals surface area contributed by atoms with Crippen LogP contribution >= 0.6 is 0 Å². The van der Waals surface area contributed by atoms with E-state index in [0.29, 0.717) is 19.7 Å². The number of rotatable bonds is 2. The van der Waals surface area contributed by atoms with E-state index in [1.165, 1.54) is 21.7 Å². The fraction of sp³-hybridized carbons (Fsp3) is 0.533. The first-order valence-electron chi connectivity index (χ1n) is 6.97. The Morgan fingerprint density at radius 3 is 2.95 bits per heavy atom. The van der Waals surface area contributed by atoms with E-state index in [1.54, 1.807) is 7.11 Å². The monoisotopic (exact) mass is 276 g/mol. The minimum Gasteiger partial charge on any atom is -0.465 e. The zero-order chi connectivity index (χ0) is 14.3. The topological polar surface area (TPSA) is 53.0 Å². The Hall–Kier alpha value is -1.75. The molecule has 1 saturated heterocycles. The van der Waals surface area contributed by atoms with Crippen LogP contribution in [0.4, 0.5) is 10.5 Å². The van der Waals surface area contributed by atoms with Gasteiger partial charge in [0.25, 0.3) is 0 Å². The lowest BCUT2D eigenvalue weighted by atomic mass is 10.1. The molecule has 1 fully saturated rings. The lowest BCUT2D eigenvalue weighted by Gasteiger charge is -2.42. The van der Waals surface area contributed by atoms with Crippen LogP contribution in [0.15, 0.2) is 18.2 Å². The van der Waals surface area contributed by atoms with Crippen molar-refractivity contribution in [3.63, 3.8) is 0 Å². The van der Waals surface area contributed by atoms with Gasteiger partial charge in [0, 0.05) is 31.9 Å². The average Bonchev–Trinajstić information content (AvgIpc) is 2.77. The fourth-order valence-corrected chi connectivity index (χ4v) is 3.47. The number of amides is 1. The molecule has 1 N–H and O–H groups in total. The molecule has 2 atom stereocenters. The molecule has 0 aliphatic carbocycles. The number of hydrogen-bond donors (Lipinski definition) is 1. The van der Waals surface area contributed by atoms with Gasteiger partial charge in [0.15, 0.2) is 0 Å². The normalized spacial score (nSPS) is 24.5. The first-order chi connectivity index (χ1) is 9.60. The second-order valence-corrected chi connectivity index (χ2v) is 5.70. The van der Waals surface area contributed by atoms with Gasteiger partial charge in [-0.1, -0.05) is 12.1 Å². The molecule has 0 radical (unpaired) electrons. The molecule has 2 heterocycles. The minimum absolute atomic E-state index is 0.212. The lowest BCUT2D eigenvalue weighted by Crippen LogP contribution is -2.57. The molecule has 5 nitrogen and oxygen atoms in total. The van der Waals surface area contributed by atoms with Crippen LogP contribution in [-0.4, -0.2) is 48.4 Å². The molecule has 0 spiro atoms. The van der Waals surface area contributed by atoms with Gasteiger partial charge in [0.05, 0.1) is 12.6 Å². The van der Waals surface area contributed by atoms with Gasteiger partial charge in [-0.15, -0.1) is 0 Å². The molecule has 0 unspecified atom stereocenters. The molecule has 1 amide bonds. The molecular weight excluding hydrogens is 256 g/mol. The van der Waals surface area contributed by atoms with E-state index < -0.39 is 6.09 Å². The third-order valence-corrected chi connectivity index (χ3v) is 4.25. The molecule has 108 valence electrons. The van der Waals surface area contributed by atoms with E-state index in [-0.39, 0.29) is 12.1 Å². The van der Waals surface area contributed by atoms with Gasteiger partial charge in [-0.3, -0.25) is 0 Å². The summed E-state index contributed by atoms with van der Waals surface area (Å²) in [5.74, 6) is 0. The maximum atomic E-state index is 11.2. The highest BCUT2D eigenvalue weighted by molar-refractivity contribution is 5.68. The molecule has 0 aromatic heterocycles. The van der Waals surface area contributed by atoms with E-state index >= 15 is 0 Å². The summed E-state index contributed by atoms with van der Waals surface area (Å²) in [5, 5.41) is 9.20. The van der Waals surface area contributed by atoms with Gasteiger partial charge in [-0.25, -0.2) is 4.79 Å². The fourth-order valence-electron chi connectivity index (χ4n) is 3.47. The Labute approximate surface area is 118 Å². The largest absolute Gasteiger partial charge is 0.465 e. The van der Waals surface area contributed by atoms with Crippen LogP contribution in [0.1, 0.15) is 18.1 Å². The molecular formula is C15H20N2O3. The predicted molar refractivity (Wildman–Crippen MR) is 76.2 cm³/mol. The van der Waals surface area contributed by atoms with E-state index in [4.69, 9.17) is 4.74 Å². The van der Waals surface area contributed by atoms with Crippen molar-refractivity contribution in [2.24, 2.45) is 0 Å². The molecule has 0 saturated carbocycles. The first-order valence-corrected chi connectivity index (χ1v) is 6.97. The van der Waals surface area contributed by atoms with E-state index in [0.717, 1.165) is 6.42 Å². The number of hydrogen-bond acceptors (Lipinski definition) is 3. The van der Waals surface area contributed by atoms with Crippen LogP contribution in [0.3, 0.4) is 0 Å². The molecule has 20 heavy (non-hydrogen) atoms. The summed E-state index contributed by atoms with van der Waals surface area (Å²) in [6, 6.07) is 6.91. The first kappa shape index (κ1) is 13.2. The number of benzene rings is 1. The molecule has 2 aliphatic heterocycles. The zero-order valence-electron chi connectivity index (χ0n) is 11.9. The van der Waals surface area contributed by atoms with Crippen molar-refractivity contribution in [3.8, 4) is 0 Å². The standard InChI is InChI=1S/C15H20N2O3/c1-10-7-16(15(18)19)8-13-6-12-4-3-11(9-20-2)5-14(12)17(10)13/h3-5,10,13H,6-9H2,1-2H3,(H,18,19)/t10-,13-/m1/s1. The van der Waals surface area contributed by atoms with E-state index in [2.05, 4.69) is 30.0 Å². The van der Waals surface area contributed by atoms with Crippen LogP contribution in [0, 0.1) is 0 Å². The molecule has 2 aliphatic rings. The minimum atomic E-state index is -0.812. The summed E-state index contributed by atoms with van der Waals surface area (Å²) in [6.07, 6.45) is 0.115. The Bertz CT molecular complexity index is 532. The number of methoxy groups -OCH3 is 1. The lowest BCUT2D eigenvalue weighted by molar-refractivity contribution is 0.128. The Morgan fingerprint density at radius 1 is 1.45 bits per heavy atom. The maximum Gasteiger partial charge on any atom is 0.407 e. The second kappa shape index (κ2) is 4.98. The highest BCUT2D eigenvalue weighted by Crippen LogP contribution is 2.37. The number of piperazine rings is 1. The van der Waals surface area contributed by atoms with Crippen LogP contribution in [-0.2, 0) is 17.8 Å². The molecule has 1 aromatic rings. The van der Waals surface area contributed by atoms with E-state index in [9.17, 15) is 9.90 Å². The molecule has 0 bridgehead atoms. The molecule has 3 rings (SSSR count). The number of carboxylic acid groups (broad SMARTS) is 1. The number of nitrogens with zero attached hydrogens (tertiary/aromatic N) is 2. The van der Waals surface area contributed by atoms with Crippen LogP contribution in [0.5, 0.6) is 0 Å². The number of carbonyl (C=O) groups is 1. The number of ether oxygens (including phenoxy) is 1. The highest BCUT2D eigenvalue weighted by Gasteiger charge is 2.39. The quantitative estimate of drug-likeness (QED) is 0.897. The SMILES string of the molecule is COCc1ccc2c(c1)N1[C@H](C2)CN(C(=O)O)C[C@H]1C. The van der Waals surface area contributed by atoms with Crippen molar-refractivity contribution in [2.45, 2.75) is 32.0 Å². The predicted octanol–water partition coefficient (Wildman–Crippen LogP) is 1.95. The maximum absolute atomic E-state index is 11.2. The Kier molecular flexibility index (Phi) is 3.30. The zero-order valence-corrected chi connectivity index (χ0v) is 11.9. The highest BCUT2D eigenvalue weighted by atomic mass is 16.5. The Morgan fingerprint density at radius 2 is 2.25 bits per heavy atom. The van der Waals surface area contributed by atoms with Crippen molar-refractivity contribution in [1.82, 2.24) is 4.90 Å². The molecule has 5 heteroatoms. The van der Waals surface area contributed by atoms with Crippen molar-refractivity contribution in [1.29, 1.82) is 0 Å². The van der Waals surface area contributed by atoms with Gasteiger partial charge in [0.1, 0.15) is 0 Å². The number of fused-ring (bicyclic) bond motifs is 3. The van der Waals surface area contributed by atoms with Crippen LogP contribution < -0.4 is 4.90 Å². The molecule has 1 aromatic carbocycles. The summed E-state index contributed by atoms with van der Waals surface area (Å²) in [5.41, 5.74) is 3.73. The summed E-state index contributed by atoms with van der Waals surface area (Å²) in [4.78, 5) is 15.1. The summed E-state index contributed by atoms with van der Waals surface area (Å²) >= 11 is 0. The van der Waals surface area contributed by atoms with Crippen molar-refractivity contribution in [3.05, 3.63) is 29.3 Å². The van der Waals surface area contributed by atoms with Crippen molar-refractivity contribution >= 4 is 11.8 Å². The third kappa shape index (κ3) is 2.12. The third-order valence-electron chi connectivity index (χ3n) is 4.25. The summed E-state index contributed by atoms with van der Waals surface area (Å²) < 4.78 is 5.19. The van der Waals surface area contributed by atoms with Gasteiger partial charge in [0.2, 0.25) is 0 Å². The van der Waals surface area contributed by atoms with Gasteiger partial charge >= 0.3 is 6.09 Å². The average molecular weight is 276 g/mol. The Balaban J connectivity index is 1.88. The smallest absolute Gasteiger partial charge is 0.407 e. The van der Waals surface area contributed by atoms with Gasteiger partial charge in [-0.05, 0) is 30.5 Å². The van der Waals surface area contributed by atoms with E-state index in [1.807, 2.05) is 0 Å². The van der Waals surface area contributed by atoms with Gasteiger partial charge in [-0.2, -0.15) is 0 Å². The van der Waals surface area contributed by atoms with Gasteiger partial charge < -0.3 is 19.6 Å². The van der Waals surface area contributed by atoms with Crippen molar-refractivity contribution in [2.75, 3.05) is 25.1 Å².